The Morgan fingerprint density at radius 3 is 2.43 bits per heavy atom. The Morgan fingerprint density at radius 1 is 1.22 bits per heavy atom. The minimum atomic E-state index is -3.95. The van der Waals surface area contributed by atoms with Crippen LogP contribution in [-0.4, -0.2) is 20.4 Å². The number of benzene rings is 2. The van der Waals surface area contributed by atoms with Crippen molar-refractivity contribution in [2.75, 3.05) is 11.4 Å². The lowest BCUT2D eigenvalue weighted by Crippen LogP contribution is -2.27. The summed E-state index contributed by atoms with van der Waals surface area (Å²) in [4.78, 5) is 10.1. The summed E-state index contributed by atoms with van der Waals surface area (Å²) in [5.41, 5.74) is 0.492. The Kier molecular flexibility index (Phi) is 4.98. The Hall–Kier alpha value is -1.64. The second kappa shape index (κ2) is 6.46. The van der Waals surface area contributed by atoms with Crippen molar-refractivity contribution in [3.63, 3.8) is 0 Å². The van der Waals surface area contributed by atoms with E-state index in [1.54, 1.807) is 19.1 Å². The van der Waals surface area contributed by atoms with Gasteiger partial charge in [-0.15, -0.1) is 0 Å². The number of non-ortho nitro benzene ring substituents is 1. The molecule has 0 spiro atoms. The van der Waals surface area contributed by atoms with E-state index in [0.717, 1.165) is 10.4 Å². The fraction of sp³-hybridized carbons (Fsp3) is 0.143. The second-order valence-electron chi connectivity index (χ2n) is 4.78. The van der Waals surface area contributed by atoms with E-state index in [9.17, 15) is 18.5 Å². The zero-order chi connectivity index (χ0) is 17.4. The van der Waals surface area contributed by atoms with Crippen LogP contribution in [-0.2, 0) is 10.0 Å². The van der Waals surface area contributed by atoms with Crippen molar-refractivity contribution in [1.82, 2.24) is 0 Å². The lowest BCUT2D eigenvalue weighted by atomic mass is 10.2. The average molecular weight is 420 g/mol. The van der Waals surface area contributed by atoms with Crippen LogP contribution in [0.3, 0.4) is 0 Å². The van der Waals surface area contributed by atoms with Crippen LogP contribution < -0.4 is 4.31 Å². The first-order valence-corrected chi connectivity index (χ1v) is 8.94. The van der Waals surface area contributed by atoms with Crippen molar-refractivity contribution < 1.29 is 13.3 Å². The van der Waals surface area contributed by atoms with Gasteiger partial charge >= 0.3 is 0 Å². The number of nitro groups is 1. The average Bonchev–Trinajstić information content (AvgIpc) is 2.49. The third-order valence-electron chi connectivity index (χ3n) is 3.29. The molecular weight excluding hydrogens is 408 g/mol. The third kappa shape index (κ3) is 3.49. The van der Waals surface area contributed by atoms with Crippen molar-refractivity contribution in [2.45, 2.75) is 11.8 Å². The molecule has 9 heteroatoms. The van der Waals surface area contributed by atoms with E-state index >= 15 is 0 Å². The van der Waals surface area contributed by atoms with Gasteiger partial charge in [0.1, 0.15) is 0 Å². The molecule has 0 amide bonds. The SMILES string of the molecule is Cc1ccc([N+](=O)[O-])cc1S(=O)(=O)N(C)c1ccc(Br)c(Cl)c1. The molecule has 0 aliphatic carbocycles. The van der Waals surface area contributed by atoms with Crippen molar-refractivity contribution in [2.24, 2.45) is 0 Å². The maximum absolute atomic E-state index is 12.8. The van der Waals surface area contributed by atoms with E-state index in [4.69, 9.17) is 11.6 Å². The molecule has 0 N–H and O–H groups in total. The van der Waals surface area contributed by atoms with E-state index in [1.165, 1.54) is 25.2 Å². The third-order valence-corrected chi connectivity index (χ3v) is 6.45. The van der Waals surface area contributed by atoms with Gasteiger partial charge in [0.15, 0.2) is 0 Å². The molecule has 0 bridgehead atoms. The van der Waals surface area contributed by atoms with Crippen LogP contribution in [0.25, 0.3) is 0 Å². The van der Waals surface area contributed by atoms with E-state index < -0.39 is 14.9 Å². The van der Waals surface area contributed by atoms with Gasteiger partial charge < -0.3 is 0 Å². The number of hydrogen-bond acceptors (Lipinski definition) is 4. The molecule has 6 nitrogen and oxygen atoms in total. The standard InChI is InChI=1S/C14H12BrClN2O4S/c1-9-3-4-11(18(19)20)8-14(9)23(21,22)17(2)10-5-6-12(15)13(16)7-10/h3-8H,1-2H3. The molecule has 0 atom stereocenters. The summed E-state index contributed by atoms with van der Waals surface area (Å²) in [6.07, 6.45) is 0. The maximum atomic E-state index is 12.8. The molecular formula is C14H12BrClN2O4S. The molecule has 0 aromatic heterocycles. The number of hydrogen-bond donors (Lipinski definition) is 0. The molecule has 0 fully saturated rings. The first-order chi connectivity index (χ1) is 10.6. The molecule has 0 heterocycles. The highest BCUT2D eigenvalue weighted by Gasteiger charge is 2.26. The molecule has 0 saturated carbocycles. The van der Waals surface area contributed by atoms with Gasteiger partial charge in [-0.3, -0.25) is 14.4 Å². The van der Waals surface area contributed by atoms with Crippen LogP contribution in [0.1, 0.15) is 5.56 Å². The van der Waals surface area contributed by atoms with E-state index in [2.05, 4.69) is 15.9 Å². The Bertz CT molecular complexity index is 886. The van der Waals surface area contributed by atoms with Crippen molar-refractivity contribution in [1.29, 1.82) is 0 Å². The van der Waals surface area contributed by atoms with Gasteiger partial charge in [0.05, 0.1) is 20.5 Å². The van der Waals surface area contributed by atoms with Gasteiger partial charge in [-0.05, 0) is 46.6 Å². The van der Waals surface area contributed by atoms with Gasteiger partial charge in [-0.1, -0.05) is 17.7 Å². The van der Waals surface area contributed by atoms with Crippen LogP contribution in [0.2, 0.25) is 5.02 Å². The predicted octanol–water partition coefficient (Wildman–Crippen LogP) is 4.14. The monoisotopic (exact) mass is 418 g/mol. The van der Waals surface area contributed by atoms with Gasteiger partial charge in [0.2, 0.25) is 0 Å². The lowest BCUT2D eigenvalue weighted by Gasteiger charge is -2.21. The van der Waals surface area contributed by atoms with Crippen LogP contribution in [0.4, 0.5) is 11.4 Å². The van der Waals surface area contributed by atoms with Crippen LogP contribution >= 0.6 is 27.5 Å². The fourth-order valence-electron chi connectivity index (χ4n) is 1.95. The highest BCUT2D eigenvalue weighted by atomic mass is 79.9. The first kappa shape index (κ1) is 17.7. The summed E-state index contributed by atoms with van der Waals surface area (Å²) in [7, 11) is -2.59. The van der Waals surface area contributed by atoms with Gasteiger partial charge in [-0.2, -0.15) is 0 Å². The molecule has 2 rings (SSSR count). The van der Waals surface area contributed by atoms with Crippen molar-refractivity contribution in [3.05, 3.63) is 61.6 Å². The number of anilines is 1. The first-order valence-electron chi connectivity index (χ1n) is 6.33. The van der Waals surface area contributed by atoms with Crippen molar-refractivity contribution >= 4 is 48.9 Å². The Morgan fingerprint density at radius 2 is 1.87 bits per heavy atom. The van der Waals surface area contributed by atoms with Crippen LogP contribution in [0.15, 0.2) is 45.8 Å². The molecule has 23 heavy (non-hydrogen) atoms. The molecule has 2 aromatic rings. The molecule has 0 aliphatic rings. The zero-order valence-corrected chi connectivity index (χ0v) is 15.3. The van der Waals surface area contributed by atoms with E-state index in [-0.39, 0.29) is 10.6 Å². The summed E-state index contributed by atoms with van der Waals surface area (Å²) < 4.78 is 27.2. The lowest BCUT2D eigenvalue weighted by molar-refractivity contribution is -0.385. The summed E-state index contributed by atoms with van der Waals surface area (Å²) in [6, 6.07) is 8.44. The number of rotatable bonds is 4. The van der Waals surface area contributed by atoms with Gasteiger partial charge in [-0.25, -0.2) is 8.42 Å². The summed E-state index contributed by atoms with van der Waals surface area (Å²) in [6.45, 7) is 1.58. The largest absolute Gasteiger partial charge is 0.270 e. The molecule has 0 aliphatic heterocycles. The second-order valence-corrected chi connectivity index (χ2v) is 7.98. The zero-order valence-electron chi connectivity index (χ0n) is 12.2. The van der Waals surface area contributed by atoms with E-state index in [1.807, 2.05) is 0 Å². The number of sulfonamides is 1. The minimum Gasteiger partial charge on any atom is -0.269 e. The molecule has 122 valence electrons. The maximum Gasteiger partial charge on any atom is 0.270 e. The van der Waals surface area contributed by atoms with Gasteiger partial charge in [0.25, 0.3) is 15.7 Å². The van der Waals surface area contributed by atoms with E-state index in [0.29, 0.717) is 20.7 Å². The summed E-state index contributed by atoms with van der Waals surface area (Å²) >= 11 is 9.23. The molecule has 0 unspecified atom stereocenters. The molecule has 0 radical (unpaired) electrons. The topological polar surface area (TPSA) is 80.5 Å². The molecule has 2 aromatic carbocycles. The highest BCUT2D eigenvalue weighted by molar-refractivity contribution is 9.10. The van der Waals surface area contributed by atoms with Gasteiger partial charge in [0, 0.05) is 23.7 Å². The minimum absolute atomic E-state index is 0.117. The Labute approximate surface area is 147 Å². The number of nitro benzene ring substituents is 1. The quantitative estimate of drug-likeness (QED) is 0.551. The predicted molar refractivity (Wildman–Crippen MR) is 92.6 cm³/mol. The smallest absolute Gasteiger partial charge is 0.269 e. The summed E-state index contributed by atoms with van der Waals surface area (Å²) in [5.74, 6) is 0. The van der Waals surface area contributed by atoms with Crippen molar-refractivity contribution in [3.8, 4) is 0 Å². The number of nitrogens with zero attached hydrogens (tertiary/aromatic N) is 2. The fourth-order valence-corrected chi connectivity index (χ4v) is 3.80. The summed E-state index contributed by atoms with van der Waals surface area (Å²) in [5, 5.41) is 11.2. The number of aryl methyl sites for hydroxylation is 1. The highest BCUT2D eigenvalue weighted by Crippen LogP contribution is 2.31. The Balaban J connectivity index is 2.55. The number of halogens is 2. The van der Waals surface area contributed by atoms with Crippen LogP contribution in [0.5, 0.6) is 0 Å². The normalized spacial score (nSPS) is 11.3. The van der Waals surface area contributed by atoms with Crippen LogP contribution in [0, 0.1) is 17.0 Å². The molecule has 0 saturated heterocycles.